The second kappa shape index (κ2) is 7.75. The lowest BCUT2D eigenvalue weighted by atomic mass is 9.79. The minimum absolute atomic E-state index is 0.0767. The number of carbonyl (C=O) groups is 2. The summed E-state index contributed by atoms with van der Waals surface area (Å²) in [5.41, 5.74) is 0. The first-order chi connectivity index (χ1) is 10.1. The van der Waals surface area contributed by atoms with E-state index in [0.29, 0.717) is 26.2 Å². The van der Waals surface area contributed by atoms with Crippen molar-refractivity contribution in [2.45, 2.75) is 38.7 Å². The fourth-order valence-electron chi connectivity index (χ4n) is 3.30. The van der Waals surface area contributed by atoms with Gasteiger partial charge in [0.2, 0.25) is 5.91 Å². The fourth-order valence-corrected chi connectivity index (χ4v) is 3.30. The Labute approximate surface area is 125 Å². The molecule has 120 valence electrons. The number of rotatable bonds is 5. The summed E-state index contributed by atoms with van der Waals surface area (Å²) in [5, 5.41) is 12.4. The summed E-state index contributed by atoms with van der Waals surface area (Å²) in [7, 11) is 0. The van der Waals surface area contributed by atoms with Crippen molar-refractivity contribution in [1.29, 1.82) is 0 Å². The molecule has 1 saturated carbocycles. The van der Waals surface area contributed by atoms with Crippen LogP contribution in [0.4, 0.5) is 0 Å². The smallest absolute Gasteiger partial charge is 0.306 e. The average molecular weight is 298 g/mol. The van der Waals surface area contributed by atoms with Gasteiger partial charge >= 0.3 is 5.97 Å². The minimum atomic E-state index is -0.699. The molecule has 1 saturated heterocycles. The molecule has 0 spiro atoms. The summed E-state index contributed by atoms with van der Waals surface area (Å²) >= 11 is 0. The summed E-state index contributed by atoms with van der Waals surface area (Å²) in [6.45, 7) is 4.74. The standard InChI is InChI=1S/C15H26N2O4/c1-11-10-17(6-7-21-11)14(18)9-16-8-12-4-2-3-5-13(12)15(19)20/h11-13,16H,2-10H2,1H3,(H,19,20). The van der Waals surface area contributed by atoms with Crippen LogP contribution in [-0.2, 0) is 14.3 Å². The zero-order chi connectivity index (χ0) is 15.2. The Morgan fingerprint density at radius 3 is 2.81 bits per heavy atom. The van der Waals surface area contributed by atoms with Gasteiger partial charge in [-0.25, -0.2) is 0 Å². The van der Waals surface area contributed by atoms with Gasteiger partial charge in [0.15, 0.2) is 0 Å². The number of carboxylic acid groups (broad SMARTS) is 1. The van der Waals surface area contributed by atoms with Gasteiger partial charge in [-0.3, -0.25) is 9.59 Å². The molecule has 2 aliphatic rings. The third-order valence-corrected chi connectivity index (χ3v) is 4.50. The monoisotopic (exact) mass is 298 g/mol. The second-order valence-electron chi connectivity index (χ2n) is 6.14. The molecule has 3 unspecified atom stereocenters. The fraction of sp³-hybridized carbons (Fsp3) is 0.867. The summed E-state index contributed by atoms with van der Waals surface area (Å²) in [6, 6.07) is 0. The van der Waals surface area contributed by atoms with Crippen LogP contribution < -0.4 is 5.32 Å². The van der Waals surface area contributed by atoms with Crippen LogP contribution in [0.3, 0.4) is 0 Å². The summed E-state index contributed by atoms with van der Waals surface area (Å²) < 4.78 is 5.42. The predicted octanol–water partition coefficient (Wildman–Crippen LogP) is 0.714. The molecule has 2 fully saturated rings. The van der Waals surface area contributed by atoms with Crippen LogP contribution in [0.15, 0.2) is 0 Å². The molecule has 0 aromatic rings. The zero-order valence-electron chi connectivity index (χ0n) is 12.7. The van der Waals surface area contributed by atoms with Crippen LogP contribution in [0, 0.1) is 11.8 Å². The first-order valence-corrected chi connectivity index (χ1v) is 7.91. The number of nitrogens with one attached hydrogen (secondary N) is 1. The van der Waals surface area contributed by atoms with E-state index in [4.69, 9.17) is 4.74 Å². The summed E-state index contributed by atoms with van der Waals surface area (Å²) in [4.78, 5) is 25.1. The molecule has 3 atom stereocenters. The number of carboxylic acids is 1. The third kappa shape index (κ3) is 4.68. The van der Waals surface area contributed by atoms with Crippen LogP contribution in [0.5, 0.6) is 0 Å². The van der Waals surface area contributed by atoms with E-state index in [0.717, 1.165) is 25.7 Å². The highest BCUT2D eigenvalue weighted by Crippen LogP contribution is 2.29. The lowest BCUT2D eigenvalue weighted by Crippen LogP contribution is -2.48. The van der Waals surface area contributed by atoms with Crippen molar-refractivity contribution in [1.82, 2.24) is 10.2 Å². The van der Waals surface area contributed by atoms with E-state index in [-0.39, 0.29) is 30.4 Å². The second-order valence-corrected chi connectivity index (χ2v) is 6.14. The van der Waals surface area contributed by atoms with Gasteiger partial charge in [0.05, 0.1) is 25.2 Å². The number of hydrogen-bond acceptors (Lipinski definition) is 4. The van der Waals surface area contributed by atoms with Crippen LogP contribution in [0.2, 0.25) is 0 Å². The van der Waals surface area contributed by atoms with Crippen molar-refractivity contribution < 1.29 is 19.4 Å². The van der Waals surface area contributed by atoms with E-state index >= 15 is 0 Å². The average Bonchev–Trinajstić information content (AvgIpc) is 2.47. The molecule has 1 heterocycles. The van der Waals surface area contributed by atoms with Crippen LogP contribution in [0.1, 0.15) is 32.6 Å². The lowest BCUT2D eigenvalue weighted by molar-refractivity contribution is -0.144. The topological polar surface area (TPSA) is 78.9 Å². The van der Waals surface area contributed by atoms with Crippen molar-refractivity contribution in [3.63, 3.8) is 0 Å². The Balaban J connectivity index is 1.72. The molecule has 6 heteroatoms. The van der Waals surface area contributed by atoms with Gasteiger partial charge in [-0.15, -0.1) is 0 Å². The lowest BCUT2D eigenvalue weighted by Gasteiger charge is -2.32. The van der Waals surface area contributed by atoms with Gasteiger partial charge in [0.25, 0.3) is 0 Å². The van der Waals surface area contributed by atoms with Crippen molar-refractivity contribution in [3.05, 3.63) is 0 Å². The summed E-state index contributed by atoms with van der Waals surface area (Å²) in [5.74, 6) is -0.736. The number of ether oxygens (including phenoxy) is 1. The molecule has 6 nitrogen and oxygen atoms in total. The van der Waals surface area contributed by atoms with Crippen molar-refractivity contribution >= 4 is 11.9 Å². The Morgan fingerprint density at radius 1 is 1.33 bits per heavy atom. The Kier molecular flexibility index (Phi) is 5.99. The Bertz CT molecular complexity index is 375. The van der Waals surface area contributed by atoms with Crippen molar-refractivity contribution in [3.8, 4) is 0 Å². The third-order valence-electron chi connectivity index (χ3n) is 4.50. The molecule has 0 bridgehead atoms. The van der Waals surface area contributed by atoms with E-state index in [9.17, 15) is 14.7 Å². The van der Waals surface area contributed by atoms with E-state index in [1.54, 1.807) is 0 Å². The van der Waals surface area contributed by atoms with Gasteiger partial charge in [-0.05, 0) is 32.2 Å². The first kappa shape index (κ1) is 16.2. The van der Waals surface area contributed by atoms with Gasteiger partial charge in [0.1, 0.15) is 0 Å². The van der Waals surface area contributed by atoms with Crippen LogP contribution in [0.25, 0.3) is 0 Å². The molecule has 21 heavy (non-hydrogen) atoms. The van der Waals surface area contributed by atoms with Gasteiger partial charge < -0.3 is 20.1 Å². The Hall–Kier alpha value is -1.14. The van der Waals surface area contributed by atoms with Crippen LogP contribution >= 0.6 is 0 Å². The molecular formula is C15H26N2O4. The number of amides is 1. The number of aliphatic carboxylic acids is 1. The summed E-state index contributed by atoms with van der Waals surface area (Å²) in [6.07, 6.45) is 3.88. The largest absolute Gasteiger partial charge is 0.481 e. The highest BCUT2D eigenvalue weighted by Gasteiger charge is 2.30. The minimum Gasteiger partial charge on any atom is -0.481 e. The maximum atomic E-state index is 12.1. The highest BCUT2D eigenvalue weighted by atomic mass is 16.5. The number of carbonyl (C=O) groups excluding carboxylic acids is 1. The van der Waals surface area contributed by atoms with E-state index in [1.165, 1.54) is 0 Å². The molecular weight excluding hydrogens is 272 g/mol. The molecule has 2 N–H and O–H groups in total. The SMILES string of the molecule is CC1CN(C(=O)CNCC2CCCCC2C(=O)O)CCO1. The molecule has 2 rings (SSSR count). The first-order valence-electron chi connectivity index (χ1n) is 7.91. The van der Waals surface area contributed by atoms with E-state index < -0.39 is 5.97 Å². The van der Waals surface area contributed by atoms with Crippen LogP contribution in [-0.4, -0.2) is 60.8 Å². The van der Waals surface area contributed by atoms with Gasteiger partial charge in [-0.2, -0.15) is 0 Å². The molecule has 0 aromatic carbocycles. The van der Waals surface area contributed by atoms with E-state index in [2.05, 4.69) is 5.32 Å². The molecule has 0 aromatic heterocycles. The van der Waals surface area contributed by atoms with E-state index in [1.807, 2.05) is 11.8 Å². The molecule has 1 aliphatic carbocycles. The number of hydrogen-bond donors (Lipinski definition) is 2. The Morgan fingerprint density at radius 2 is 2.10 bits per heavy atom. The molecule has 1 amide bonds. The van der Waals surface area contributed by atoms with Crippen molar-refractivity contribution in [2.24, 2.45) is 11.8 Å². The van der Waals surface area contributed by atoms with Gasteiger partial charge in [-0.1, -0.05) is 12.8 Å². The highest BCUT2D eigenvalue weighted by molar-refractivity contribution is 5.78. The normalized spacial score (nSPS) is 30.1. The van der Waals surface area contributed by atoms with Crippen molar-refractivity contribution in [2.75, 3.05) is 32.8 Å². The number of morpholine rings is 1. The molecule has 0 radical (unpaired) electrons. The number of nitrogens with zero attached hydrogens (tertiary/aromatic N) is 1. The predicted molar refractivity (Wildman–Crippen MR) is 77.9 cm³/mol. The zero-order valence-corrected chi connectivity index (χ0v) is 12.7. The maximum absolute atomic E-state index is 12.1. The quantitative estimate of drug-likeness (QED) is 0.781. The molecule has 1 aliphatic heterocycles. The van der Waals surface area contributed by atoms with Gasteiger partial charge in [0, 0.05) is 13.1 Å². The maximum Gasteiger partial charge on any atom is 0.306 e.